The second-order valence-corrected chi connectivity index (χ2v) is 6.92. The van der Waals surface area contributed by atoms with Crippen LogP contribution in [0.1, 0.15) is 31.1 Å². The fourth-order valence-electron chi connectivity index (χ4n) is 2.56. The Kier molecular flexibility index (Phi) is 2.39. The highest BCUT2D eigenvalue weighted by Gasteiger charge is 2.40. The first-order valence-electron chi connectivity index (χ1n) is 6.44. The van der Waals surface area contributed by atoms with E-state index >= 15 is 0 Å². The average molecular weight is 282 g/mol. The number of sulfonamides is 1. The summed E-state index contributed by atoms with van der Waals surface area (Å²) in [6, 6.07) is -0.213. The molecule has 3 unspecified atom stereocenters. The van der Waals surface area contributed by atoms with Gasteiger partial charge in [0.25, 0.3) is 15.1 Å². The number of hydrogen-bond donors (Lipinski definition) is 1. The van der Waals surface area contributed by atoms with Gasteiger partial charge < -0.3 is 9.15 Å². The summed E-state index contributed by atoms with van der Waals surface area (Å²) in [6.45, 7) is 0. The van der Waals surface area contributed by atoms with Crippen molar-refractivity contribution < 1.29 is 17.6 Å². The van der Waals surface area contributed by atoms with Gasteiger partial charge in [-0.05, 0) is 19.3 Å². The van der Waals surface area contributed by atoms with E-state index in [4.69, 9.17) is 9.15 Å². The minimum absolute atomic E-state index is 0.0365. The molecule has 4 rings (SSSR count). The molecular formula is C12H14N2O4S. The molecule has 19 heavy (non-hydrogen) atoms. The van der Waals surface area contributed by atoms with E-state index in [2.05, 4.69) is 9.71 Å². The van der Waals surface area contributed by atoms with Crippen molar-refractivity contribution in [2.24, 2.45) is 0 Å². The van der Waals surface area contributed by atoms with Gasteiger partial charge in [0.1, 0.15) is 0 Å². The van der Waals surface area contributed by atoms with Crippen molar-refractivity contribution in [3.05, 3.63) is 24.2 Å². The van der Waals surface area contributed by atoms with Gasteiger partial charge in [0.2, 0.25) is 0 Å². The quantitative estimate of drug-likeness (QED) is 0.831. The maximum atomic E-state index is 12.2. The van der Waals surface area contributed by atoms with Crippen molar-refractivity contribution in [3.8, 4) is 0 Å². The summed E-state index contributed by atoms with van der Waals surface area (Å²) >= 11 is 0. The van der Waals surface area contributed by atoms with E-state index in [1.807, 2.05) is 12.2 Å². The summed E-state index contributed by atoms with van der Waals surface area (Å²) in [5, 5.41) is -0.0962. The molecule has 0 spiro atoms. The van der Waals surface area contributed by atoms with E-state index in [1.54, 1.807) is 0 Å². The zero-order chi connectivity index (χ0) is 13.0. The van der Waals surface area contributed by atoms with E-state index in [0.717, 1.165) is 12.8 Å². The predicted molar refractivity (Wildman–Crippen MR) is 65.0 cm³/mol. The van der Waals surface area contributed by atoms with Crippen LogP contribution in [0.15, 0.2) is 27.9 Å². The van der Waals surface area contributed by atoms with E-state index in [9.17, 15) is 8.42 Å². The van der Waals surface area contributed by atoms with Crippen LogP contribution in [0.25, 0.3) is 0 Å². The van der Waals surface area contributed by atoms with Crippen molar-refractivity contribution >= 4 is 10.0 Å². The molecule has 0 amide bonds. The smallest absolute Gasteiger partial charge is 0.276 e. The average Bonchev–Trinajstić information content (AvgIpc) is 2.82. The Bertz CT molecular complexity index is 632. The second kappa shape index (κ2) is 3.91. The predicted octanol–water partition coefficient (Wildman–Crippen LogP) is 0.926. The molecule has 0 aromatic carbocycles. The zero-order valence-corrected chi connectivity index (χ0v) is 11.0. The van der Waals surface area contributed by atoms with Crippen LogP contribution in [0.2, 0.25) is 0 Å². The minimum atomic E-state index is -3.64. The lowest BCUT2D eigenvalue weighted by Gasteiger charge is -2.15. The second-order valence-electron chi connectivity index (χ2n) is 5.28. The number of aromatic nitrogens is 1. The van der Waals surface area contributed by atoms with Crippen LogP contribution in [0, 0.1) is 0 Å². The first kappa shape index (κ1) is 11.6. The highest BCUT2D eigenvalue weighted by atomic mass is 32.2. The summed E-state index contributed by atoms with van der Waals surface area (Å²) in [7, 11) is -3.64. The van der Waals surface area contributed by atoms with Gasteiger partial charge in [0.05, 0.1) is 24.4 Å². The number of hydrogen-bond acceptors (Lipinski definition) is 5. The molecule has 0 radical (unpaired) electrons. The Hall–Kier alpha value is -1.18. The van der Waals surface area contributed by atoms with Gasteiger partial charge in [-0.15, -0.1) is 0 Å². The summed E-state index contributed by atoms with van der Waals surface area (Å²) in [4.78, 5) is 4.04. The molecule has 3 atom stereocenters. The van der Waals surface area contributed by atoms with E-state index in [1.165, 1.54) is 6.20 Å². The number of fused-ring (bicyclic) bond motifs is 2. The fraction of sp³-hybridized carbons (Fsp3) is 0.583. The number of nitrogens with one attached hydrogen (secondary N) is 1. The topological polar surface area (TPSA) is 81.4 Å². The first-order valence-corrected chi connectivity index (χ1v) is 7.92. The molecule has 3 aliphatic rings. The summed E-state index contributed by atoms with van der Waals surface area (Å²) in [6.07, 6.45) is 7.76. The van der Waals surface area contributed by atoms with E-state index in [0.29, 0.717) is 18.2 Å². The van der Waals surface area contributed by atoms with Crippen LogP contribution in [-0.2, 0) is 14.8 Å². The van der Waals surface area contributed by atoms with Gasteiger partial charge in [0.15, 0.2) is 5.89 Å². The van der Waals surface area contributed by atoms with E-state index < -0.39 is 10.0 Å². The molecule has 7 heteroatoms. The first-order chi connectivity index (χ1) is 9.12. The minimum Gasteiger partial charge on any atom is -0.428 e. The lowest BCUT2D eigenvalue weighted by molar-refractivity contribution is 0.115. The maximum Gasteiger partial charge on any atom is 0.276 e. The lowest BCUT2D eigenvalue weighted by atomic mass is 10.0. The van der Waals surface area contributed by atoms with Gasteiger partial charge in [-0.25, -0.2) is 18.1 Å². The normalized spacial score (nSPS) is 33.2. The van der Waals surface area contributed by atoms with E-state index in [-0.39, 0.29) is 23.3 Å². The molecule has 1 saturated heterocycles. The van der Waals surface area contributed by atoms with Crippen molar-refractivity contribution in [2.45, 2.75) is 48.5 Å². The molecule has 1 aliphatic carbocycles. The number of oxazole rings is 1. The Labute approximate surface area is 110 Å². The maximum absolute atomic E-state index is 12.2. The van der Waals surface area contributed by atoms with Crippen molar-refractivity contribution in [1.29, 1.82) is 0 Å². The van der Waals surface area contributed by atoms with Crippen molar-refractivity contribution in [3.63, 3.8) is 0 Å². The van der Waals surface area contributed by atoms with Crippen molar-refractivity contribution in [2.75, 3.05) is 0 Å². The summed E-state index contributed by atoms with van der Waals surface area (Å²) < 4.78 is 37.9. The van der Waals surface area contributed by atoms with Crippen LogP contribution in [0.3, 0.4) is 0 Å². The Morgan fingerprint density at radius 2 is 2.16 bits per heavy atom. The van der Waals surface area contributed by atoms with Gasteiger partial charge in [-0.1, -0.05) is 12.2 Å². The van der Waals surface area contributed by atoms with Gasteiger partial charge in [-0.3, -0.25) is 0 Å². The van der Waals surface area contributed by atoms with Crippen LogP contribution in [0.5, 0.6) is 0 Å². The molecule has 3 heterocycles. The third-order valence-corrected chi connectivity index (χ3v) is 5.06. The summed E-state index contributed by atoms with van der Waals surface area (Å²) in [5.74, 6) is 0.835. The third kappa shape index (κ3) is 2.01. The Morgan fingerprint density at radius 1 is 1.32 bits per heavy atom. The molecule has 6 nitrogen and oxygen atoms in total. The molecule has 1 saturated carbocycles. The molecule has 102 valence electrons. The third-order valence-electron chi connectivity index (χ3n) is 3.73. The standard InChI is InChI=1S/C12H14N2O4S/c15-19(16,11-6-13-12(18-11)7-1-2-7)14-9-5-8-3-4-10(9)17-8/h3-4,6-10,14H,1-2,5H2. The number of ether oxygens (including phenoxy) is 1. The van der Waals surface area contributed by atoms with Crippen molar-refractivity contribution in [1.82, 2.24) is 9.71 Å². The van der Waals surface area contributed by atoms with Crippen LogP contribution in [0.4, 0.5) is 0 Å². The van der Waals surface area contributed by atoms with Crippen LogP contribution < -0.4 is 4.72 Å². The highest BCUT2D eigenvalue weighted by molar-refractivity contribution is 7.89. The SMILES string of the molecule is O=S(=O)(NC1CC2C=CC1O2)c1cnc(C2CC2)o1. The molecule has 2 bridgehead atoms. The molecule has 2 fully saturated rings. The highest BCUT2D eigenvalue weighted by Crippen LogP contribution is 2.40. The molecule has 1 N–H and O–H groups in total. The number of rotatable bonds is 4. The largest absolute Gasteiger partial charge is 0.428 e. The Balaban J connectivity index is 1.53. The molecular weight excluding hydrogens is 268 g/mol. The Morgan fingerprint density at radius 3 is 2.79 bits per heavy atom. The van der Waals surface area contributed by atoms with Gasteiger partial charge in [0, 0.05) is 5.92 Å². The molecule has 2 aliphatic heterocycles. The lowest BCUT2D eigenvalue weighted by Crippen LogP contribution is -2.40. The van der Waals surface area contributed by atoms with Crippen LogP contribution in [-0.4, -0.2) is 31.7 Å². The monoisotopic (exact) mass is 282 g/mol. The molecule has 1 aromatic rings. The van der Waals surface area contributed by atoms with Gasteiger partial charge >= 0.3 is 0 Å². The van der Waals surface area contributed by atoms with Crippen LogP contribution >= 0.6 is 0 Å². The molecule has 1 aromatic heterocycles. The summed E-state index contributed by atoms with van der Waals surface area (Å²) in [5.41, 5.74) is 0. The fourth-order valence-corrected chi connectivity index (χ4v) is 3.69. The van der Waals surface area contributed by atoms with Gasteiger partial charge in [-0.2, -0.15) is 0 Å². The number of nitrogens with zero attached hydrogens (tertiary/aromatic N) is 1. The zero-order valence-electron chi connectivity index (χ0n) is 10.2.